The summed E-state index contributed by atoms with van der Waals surface area (Å²) in [6.45, 7) is 8.23. The fourth-order valence-electron chi connectivity index (χ4n) is 2.08. The summed E-state index contributed by atoms with van der Waals surface area (Å²) in [4.78, 5) is 4.42. The molecule has 0 saturated heterocycles. The minimum absolute atomic E-state index is 0.297. The van der Waals surface area contributed by atoms with Crippen LogP contribution in [-0.2, 0) is 0 Å². The Labute approximate surface area is 118 Å². The first-order valence-electron chi connectivity index (χ1n) is 6.58. The van der Waals surface area contributed by atoms with Gasteiger partial charge in [0, 0.05) is 11.6 Å². The monoisotopic (exact) mass is 273 g/mol. The van der Waals surface area contributed by atoms with Gasteiger partial charge in [-0.3, -0.25) is 0 Å². The van der Waals surface area contributed by atoms with Crippen LogP contribution in [-0.4, -0.2) is 4.98 Å². The number of hydrogen-bond acceptors (Lipinski definition) is 1. The first-order chi connectivity index (χ1) is 9.47. The molecule has 1 aromatic heterocycles. The van der Waals surface area contributed by atoms with Gasteiger partial charge in [-0.2, -0.15) is 0 Å². The predicted octanol–water partition coefficient (Wildman–Crippen LogP) is 5.09. The molecule has 2 aromatic rings. The van der Waals surface area contributed by atoms with Gasteiger partial charge in [0.25, 0.3) is 0 Å². The highest BCUT2D eigenvalue weighted by molar-refractivity contribution is 5.66. The molecule has 0 fully saturated rings. The van der Waals surface area contributed by atoms with Gasteiger partial charge in [0.15, 0.2) is 0 Å². The zero-order chi connectivity index (χ0) is 14.7. The van der Waals surface area contributed by atoms with Crippen molar-refractivity contribution >= 4 is 5.57 Å². The molecule has 0 radical (unpaired) electrons. The minimum atomic E-state index is -0.607. The van der Waals surface area contributed by atoms with Crippen LogP contribution in [0.15, 0.2) is 43.0 Å². The van der Waals surface area contributed by atoms with Crippen LogP contribution in [0, 0.1) is 17.6 Å². The van der Waals surface area contributed by atoms with E-state index in [4.69, 9.17) is 0 Å². The van der Waals surface area contributed by atoms with Gasteiger partial charge in [0.05, 0.1) is 11.4 Å². The first kappa shape index (κ1) is 14.4. The molecule has 0 N–H and O–H groups in total. The number of benzene rings is 1. The summed E-state index contributed by atoms with van der Waals surface area (Å²) in [5, 5.41) is 0. The van der Waals surface area contributed by atoms with Crippen LogP contribution in [0.4, 0.5) is 8.78 Å². The van der Waals surface area contributed by atoms with Crippen molar-refractivity contribution in [3.63, 3.8) is 0 Å². The summed E-state index contributed by atoms with van der Waals surface area (Å²) in [5.41, 5.74) is 2.46. The highest BCUT2D eigenvalue weighted by Crippen LogP contribution is 2.25. The molecule has 0 atom stereocenters. The summed E-state index contributed by atoms with van der Waals surface area (Å²) >= 11 is 0. The average molecular weight is 273 g/mol. The zero-order valence-corrected chi connectivity index (χ0v) is 11.7. The van der Waals surface area contributed by atoms with E-state index < -0.39 is 11.6 Å². The Bertz CT molecular complexity index is 633. The molecular weight excluding hydrogens is 256 g/mol. The Kier molecular flexibility index (Phi) is 4.28. The smallest absolute Gasteiger partial charge is 0.135 e. The molecule has 0 amide bonds. The van der Waals surface area contributed by atoms with Crippen molar-refractivity contribution in [2.24, 2.45) is 5.92 Å². The lowest BCUT2D eigenvalue weighted by Crippen LogP contribution is -1.96. The van der Waals surface area contributed by atoms with Crippen LogP contribution in [0.5, 0.6) is 0 Å². The van der Waals surface area contributed by atoms with E-state index in [-0.39, 0.29) is 0 Å². The second-order valence-electron chi connectivity index (χ2n) is 5.23. The first-order valence-corrected chi connectivity index (χ1v) is 6.58. The van der Waals surface area contributed by atoms with E-state index in [9.17, 15) is 8.78 Å². The zero-order valence-electron chi connectivity index (χ0n) is 11.7. The third-order valence-electron chi connectivity index (χ3n) is 2.97. The Balaban J connectivity index is 2.36. The van der Waals surface area contributed by atoms with Gasteiger partial charge in [0.2, 0.25) is 0 Å². The Morgan fingerprint density at radius 2 is 1.95 bits per heavy atom. The summed E-state index contributed by atoms with van der Waals surface area (Å²) in [7, 11) is 0. The molecule has 20 heavy (non-hydrogen) atoms. The van der Waals surface area contributed by atoms with Crippen molar-refractivity contribution in [1.82, 2.24) is 4.98 Å². The van der Waals surface area contributed by atoms with Crippen LogP contribution in [0.3, 0.4) is 0 Å². The molecular formula is C17H17F2N. The topological polar surface area (TPSA) is 12.9 Å². The van der Waals surface area contributed by atoms with Crippen LogP contribution in [0.25, 0.3) is 16.8 Å². The quantitative estimate of drug-likeness (QED) is 0.756. The van der Waals surface area contributed by atoms with E-state index in [2.05, 4.69) is 25.4 Å². The molecule has 1 heterocycles. The molecule has 0 saturated carbocycles. The number of aromatic nitrogens is 1. The lowest BCUT2D eigenvalue weighted by Gasteiger charge is -2.10. The number of hydrogen-bond donors (Lipinski definition) is 0. The van der Waals surface area contributed by atoms with Crippen LogP contribution in [0.2, 0.25) is 0 Å². The molecule has 0 unspecified atom stereocenters. The lowest BCUT2D eigenvalue weighted by molar-refractivity contribution is 0.585. The maximum atomic E-state index is 13.8. The molecule has 0 bridgehead atoms. The third-order valence-corrected chi connectivity index (χ3v) is 2.97. The lowest BCUT2D eigenvalue weighted by atomic mass is 10.0. The maximum Gasteiger partial charge on any atom is 0.135 e. The van der Waals surface area contributed by atoms with Crippen molar-refractivity contribution in [3.8, 4) is 11.3 Å². The second-order valence-corrected chi connectivity index (χ2v) is 5.23. The van der Waals surface area contributed by atoms with Gasteiger partial charge in [-0.15, -0.1) is 0 Å². The molecule has 3 heteroatoms. The van der Waals surface area contributed by atoms with Crippen LogP contribution in [0.1, 0.15) is 26.0 Å². The summed E-state index contributed by atoms with van der Waals surface area (Å²) in [6, 6.07) is 8.88. The molecule has 0 spiro atoms. The third kappa shape index (κ3) is 3.29. The Morgan fingerprint density at radius 3 is 2.60 bits per heavy atom. The second kappa shape index (κ2) is 5.95. The van der Waals surface area contributed by atoms with Gasteiger partial charge >= 0.3 is 0 Å². The number of nitrogens with zero attached hydrogens (tertiary/aromatic N) is 1. The highest BCUT2D eigenvalue weighted by Gasteiger charge is 2.10. The van der Waals surface area contributed by atoms with Crippen molar-refractivity contribution in [2.75, 3.05) is 0 Å². The summed E-state index contributed by atoms with van der Waals surface area (Å²) < 4.78 is 26.7. The largest absolute Gasteiger partial charge is 0.248 e. The predicted molar refractivity (Wildman–Crippen MR) is 78.1 cm³/mol. The van der Waals surface area contributed by atoms with Crippen molar-refractivity contribution < 1.29 is 8.78 Å². The van der Waals surface area contributed by atoms with Crippen molar-refractivity contribution in [3.05, 3.63) is 60.3 Å². The van der Waals surface area contributed by atoms with Gasteiger partial charge in [0.1, 0.15) is 11.6 Å². The number of allylic oxidation sites excluding steroid dienone is 1. The Morgan fingerprint density at radius 1 is 1.20 bits per heavy atom. The van der Waals surface area contributed by atoms with Gasteiger partial charge in [-0.05, 0) is 42.2 Å². The number of rotatable bonds is 4. The van der Waals surface area contributed by atoms with E-state index >= 15 is 0 Å². The minimum Gasteiger partial charge on any atom is -0.248 e. The summed E-state index contributed by atoms with van der Waals surface area (Å²) in [6.07, 6.45) is 0.836. The summed E-state index contributed by atoms with van der Waals surface area (Å²) in [5.74, 6) is -0.716. The van der Waals surface area contributed by atoms with E-state index in [1.165, 1.54) is 12.1 Å². The average Bonchev–Trinajstić information content (AvgIpc) is 2.38. The highest BCUT2D eigenvalue weighted by atomic mass is 19.1. The van der Waals surface area contributed by atoms with Gasteiger partial charge in [-0.25, -0.2) is 13.8 Å². The molecule has 0 aliphatic rings. The molecule has 0 aliphatic heterocycles. The molecule has 1 nitrogen and oxygen atoms in total. The molecule has 104 valence electrons. The van der Waals surface area contributed by atoms with E-state index in [1.54, 1.807) is 6.07 Å². The maximum absolute atomic E-state index is 13.8. The van der Waals surface area contributed by atoms with Gasteiger partial charge < -0.3 is 0 Å². The van der Waals surface area contributed by atoms with Crippen molar-refractivity contribution in [1.29, 1.82) is 0 Å². The van der Waals surface area contributed by atoms with E-state index in [1.807, 2.05) is 12.1 Å². The molecule has 0 aliphatic carbocycles. The molecule has 1 aromatic carbocycles. The number of halogens is 2. The standard InChI is InChI=1S/C17H17F2N/c1-11(2)9-12(3)16-5-4-6-17(20-16)14-8-7-13(18)10-15(14)19/h4-8,10-11H,3,9H2,1-2H3. The van der Waals surface area contributed by atoms with E-state index in [0.29, 0.717) is 17.2 Å². The van der Waals surface area contributed by atoms with Gasteiger partial charge in [-0.1, -0.05) is 26.5 Å². The fraction of sp³-hybridized carbons (Fsp3) is 0.235. The van der Waals surface area contributed by atoms with Crippen LogP contribution >= 0.6 is 0 Å². The SMILES string of the molecule is C=C(CC(C)C)c1cccc(-c2ccc(F)cc2F)n1. The number of pyridine rings is 1. The van der Waals surface area contributed by atoms with E-state index in [0.717, 1.165) is 23.8 Å². The molecule has 2 rings (SSSR count). The fourth-order valence-corrected chi connectivity index (χ4v) is 2.08. The normalized spacial score (nSPS) is 10.8. The van der Waals surface area contributed by atoms with Crippen molar-refractivity contribution in [2.45, 2.75) is 20.3 Å². The van der Waals surface area contributed by atoms with Crippen LogP contribution < -0.4 is 0 Å². The Hall–Kier alpha value is -2.03.